The van der Waals surface area contributed by atoms with E-state index in [-0.39, 0.29) is 0 Å². The molecule has 4 aromatic carbocycles. The molecule has 4 heterocycles. The minimum Gasteiger partial charge on any atom is -0.255 e. The van der Waals surface area contributed by atoms with Crippen LogP contribution in [0.15, 0.2) is 146 Å². The molecule has 0 atom stereocenters. The number of rotatable bonds is 3. The summed E-state index contributed by atoms with van der Waals surface area (Å²) in [4.78, 5) is 11.7. The first-order valence-corrected chi connectivity index (χ1v) is 16.5. The van der Waals surface area contributed by atoms with Crippen LogP contribution in [0.2, 0.25) is 0 Å². The third-order valence-electron chi connectivity index (χ3n) is 7.67. The monoisotopic (exact) mass is 620 g/mol. The molecule has 0 radical (unpaired) electrons. The zero-order valence-electron chi connectivity index (χ0n) is 24.6. The lowest BCUT2D eigenvalue weighted by atomic mass is 10.1. The Bertz CT molecular complexity index is 2240. The molecule has 8 rings (SSSR count). The number of benzene rings is 4. The van der Waals surface area contributed by atoms with Gasteiger partial charge in [0.2, 0.25) is 0 Å². The third-order valence-corrected chi connectivity index (χ3v) is 10.0. The third kappa shape index (κ3) is 5.96. The van der Waals surface area contributed by atoms with Gasteiger partial charge in [-0.3, -0.25) is 9.97 Å². The van der Waals surface area contributed by atoms with Crippen LogP contribution in [-0.2, 0) is 0 Å². The number of thiophene rings is 2. The van der Waals surface area contributed by atoms with Crippen LogP contribution >= 0.6 is 22.7 Å². The topological polar surface area (TPSA) is 25.8 Å². The first-order chi connectivity index (χ1) is 22.7. The second kappa shape index (κ2) is 12.3. The van der Waals surface area contributed by atoms with E-state index in [1.165, 1.54) is 41.1 Å². The van der Waals surface area contributed by atoms with Crippen LogP contribution in [0.1, 0.15) is 22.3 Å². The summed E-state index contributed by atoms with van der Waals surface area (Å²) in [5.74, 6) is 13.2. The zero-order valence-corrected chi connectivity index (χ0v) is 26.2. The van der Waals surface area contributed by atoms with Crippen molar-refractivity contribution in [2.24, 2.45) is 0 Å². The van der Waals surface area contributed by atoms with Gasteiger partial charge in [-0.25, -0.2) is 0 Å². The van der Waals surface area contributed by atoms with Crippen LogP contribution in [0, 0.1) is 23.7 Å². The summed E-state index contributed by atoms with van der Waals surface area (Å²) in [7, 11) is 0. The molecule has 8 aromatic rings. The van der Waals surface area contributed by atoms with Crippen molar-refractivity contribution < 1.29 is 0 Å². The summed E-state index contributed by atoms with van der Waals surface area (Å²) < 4.78 is 2.60. The first-order valence-electron chi connectivity index (χ1n) is 14.9. The summed E-state index contributed by atoms with van der Waals surface area (Å²) in [6.07, 6.45) is 3.56. The molecule has 2 nitrogen and oxygen atoms in total. The van der Waals surface area contributed by atoms with Gasteiger partial charge in [-0.1, -0.05) is 84.3 Å². The highest BCUT2D eigenvalue weighted by atomic mass is 32.1. The molecule has 0 unspecified atom stereocenters. The second-order valence-electron chi connectivity index (χ2n) is 10.8. The van der Waals surface area contributed by atoms with Crippen molar-refractivity contribution in [1.82, 2.24) is 9.97 Å². The molecule has 0 aliphatic carbocycles. The smallest absolute Gasteiger partial charge is 0.0898 e. The Kier molecular flexibility index (Phi) is 7.43. The van der Waals surface area contributed by atoms with E-state index in [0.29, 0.717) is 0 Å². The van der Waals surface area contributed by atoms with Crippen LogP contribution in [0.4, 0.5) is 0 Å². The predicted molar refractivity (Wildman–Crippen MR) is 194 cm³/mol. The molecule has 46 heavy (non-hydrogen) atoms. The Morgan fingerprint density at radius 2 is 0.804 bits per heavy atom. The summed E-state index contributed by atoms with van der Waals surface area (Å²) >= 11 is 3.62. The molecule has 0 bridgehead atoms. The van der Waals surface area contributed by atoms with Crippen LogP contribution in [0.5, 0.6) is 0 Å². The molecule has 4 heteroatoms. The van der Waals surface area contributed by atoms with Crippen molar-refractivity contribution in [3.8, 4) is 56.0 Å². The average Bonchev–Trinajstić information content (AvgIpc) is 3.76. The maximum absolute atomic E-state index is 4.56. The highest BCUT2D eigenvalue weighted by Gasteiger charge is 2.06. The number of nitrogens with zero attached hydrogens (tertiary/aromatic N) is 2. The number of pyridine rings is 2. The molecule has 0 aliphatic rings. The number of hydrogen-bond donors (Lipinski definition) is 0. The molecular weight excluding hydrogens is 597 g/mol. The zero-order chi connectivity index (χ0) is 30.7. The highest BCUT2D eigenvalue weighted by Crippen LogP contribution is 2.34. The summed E-state index contributed by atoms with van der Waals surface area (Å²) in [5.41, 5.74) is 7.65. The lowest BCUT2D eigenvalue weighted by Gasteiger charge is -2.01. The molecular formula is C42H24N2S2. The van der Waals surface area contributed by atoms with Gasteiger partial charge in [0.25, 0.3) is 0 Å². The van der Waals surface area contributed by atoms with Crippen LogP contribution < -0.4 is 0 Å². The minimum absolute atomic E-state index is 0.767. The van der Waals surface area contributed by atoms with Gasteiger partial charge in [0.1, 0.15) is 0 Å². The van der Waals surface area contributed by atoms with Crippen LogP contribution in [-0.4, -0.2) is 9.97 Å². The van der Waals surface area contributed by atoms with Crippen molar-refractivity contribution in [3.63, 3.8) is 0 Å². The van der Waals surface area contributed by atoms with Crippen LogP contribution in [0.3, 0.4) is 0 Å². The van der Waals surface area contributed by atoms with Gasteiger partial charge in [-0.2, -0.15) is 0 Å². The second-order valence-corrected chi connectivity index (χ2v) is 13.0. The quantitative estimate of drug-likeness (QED) is 0.184. The highest BCUT2D eigenvalue weighted by molar-refractivity contribution is 7.22. The van der Waals surface area contributed by atoms with E-state index in [1.807, 2.05) is 46.9 Å². The fourth-order valence-corrected chi connectivity index (χ4v) is 7.41. The van der Waals surface area contributed by atoms with Crippen molar-refractivity contribution in [2.45, 2.75) is 0 Å². The van der Waals surface area contributed by atoms with E-state index in [9.17, 15) is 0 Å². The molecule has 0 aliphatic heterocycles. The lowest BCUT2D eigenvalue weighted by Crippen LogP contribution is -1.89. The molecule has 0 saturated carbocycles. The van der Waals surface area contributed by atoms with E-state index in [1.54, 1.807) is 12.4 Å². The first kappa shape index (κ1) is 27.7. The van der Waals surface area contributed by atoms with Gasteiger partial charge >= 0.3 is 0 Å². The maximum atomic E-state index is 4.56. The van der Waals surface area contributed by atoms with Gasteiger partial charge in [0.05, 0.1) is 11.4 Å². The van der Waals surface area contributed by atoms with Crippen molar-refractivity contribution in [3.05, 3.63) is 168 Å². The van der Waals surface area contributed by atoms with Gasteiger partial charge in [0.15, 0.2) is 0 Å². The molecule has 4 aromatic heterocycles. The Morgan fingerprint density at radius 1 is 0.391 bits per heavy atom. The SMILES string of the molecule is C(#Cc1ccnc(-c2cc(C#Cc3ccc(-c4cc5ccccc5s4)cc3)ccn2)c1)c1ccc(-c2cc3ccccc3s2)cc1. The van der Waals surface area contributed by atoms with E-state index in [2.05, 4.69) is 143 Å². The number of fused-ring (bicyclic) bond motifs is 2. The van der Waals surface area contributed by atoms with E-state index in [4.69, 9.17) is 0 Å². The Balaban J connectivity index is 0.971. The van der Waals surface area contributed by atoms with Crippen LogP contribution in [0.25, 0.3) is 52.4 Å². The Labute approximate surface area is 275 Å². The van der Waals surface area contributed by atoms with Gasteiger partial charge in [0, 0.05) is 53.8 Å². The van der Waals surface area contributed by atoms with Gasteiger partial charge in [-0.15, -0.1) is 22.7 Å². The van der Waals surface area contributed by atoms with Crippen molar-refractivity contribution in [2.75, 3.05) is 0 Å². The summed E-state index contributed by atoms with van der Waals surface area (Å²) in [5, 5.41) is 2.56. The standard InChI is InChI=1S/C42H24N2S2/c1-3-7-39-35(5-1)27-41(45-39)33-17-13-29(14-18-33)9-11-31-21-23-43-37(25-31)38-26-32(22-24-44-38)12-10-30-15-19-34(20-16-30)42-28-36-6-2-4-8-40(36)46-42/h1-8,13-28H. The Hall–Kier alpha value is -5.78. The summed E-state index contributed by atoms with van der Waals surface area (Å²) in [6.45, 7) is 0. The fourth-order valence-electron chi connectivity index (χ4n) is 5.27. The fraction of sp³-hybridized carbons (Fsp3) is 0. The van der Waals surface area contributed by atoms with Gasteiger partial charge in [-0.05, 0) is 94.7 Å². The lowest BCUT2D eigenvalue weighted by molar-refractivity contribution is 1.24. The normalized spacial score (nSPS) is 10.7. The number of aromatic nitrogens is 2. The summed E-state index contributed by atoms with van der Waals surface area (Å²) in [6, 6.07) is 46.2. The average molecular weight is 621 g/mol. The van der Waals surface area contributed by atoms with Crippen molar-refractivity contribution in [1.29, 1.82) is 0 Å². The molecule has 214 valence electrons. The Morgan fingerprint density at radius 3 is 1.24 bits per heavy atom. The molecule has 0 amide bonds. The maximum Gasteiger partial charge on any atom is 0.0898 e. The van der Waals surface area contributed by atoms with Gasteiger partial charge < -0.3 is 0 Å². The van der Waals surface area contributed by atoms with E-state index >= 15 is 0 Å². The number of hydrogen-bond acceptors (Lipinski definition) is 4. The largest absolute Gasteiger partial charge is 0.255 e. The van der Waals surface area contributed by atoms with Crippen molar-refractivity contribution >= 4 is 42.8 Å². The van der Waals surface area contributed by atoms with E-state index in [0.717, 1.165) is 33.6 Å². The molecule has 0 fully saturated rings. The predicted octanol–water partition coefficient (Wildman–Crippen LogP) is 10.7. The minimum atomic E-state index is 0.767. The molecule has 0 saturated heterocycles. The molecule has 0 spiro atoms. The molecule has 0 N–H and O–H groups in total. The van der Waals surface area contributed by atoms with E-state index < -0.39 is 0 Å².